The second-order valence-electron chi connectivity index (χ2n) is 8.48. The monoisotopic (exact) mass is 518 g/mol. The fraction of sp³-hybridized carbons (Fsp3) is 0.417. The number of thiazole rings is 1. The summed E-state index contributed by atoms with van der Waals surface area (Å²) >= 11 is 1.44. The highest BCUT2D eigenvalue weighted by Gasteiger charge is 2.27. The van der Waals surface area contributed by atoms with Crippen LogP contribution in [0.2, 0.25) is 0 Å². The normalized spacial score (nSPS) is 15.0. The lowest BCUT2D eigenvalue weighted by Gasteiger charge is -2.26. The van der Waals surface area contributed by atoms with Crippen LogP contribution in [0.3, 0.4) is 0 Å². The highest BCUT2D eigenvalue weighted by Crippen LogP contribution is 2.32. The number of ether oxygens (including phenoxy) is 2. The molecule has 0 unspecified atom stereocenters. The highest BCUT2D eigenvalue weighted by atomic mass is 32.2. The first-order valence-corrected chi connectivity index (χ1v) is 13.6. The lowest BCUT2D eigenvalue weighted by atomic mass is 10.2. The molecule has 4 rings (SSSR count). The summed E-state index contributed by atoms with van der Waals surface area (Å²) in [6.07, 6.45) is 0.765. The van der Waals surface area contributed by atoms with Gasteiger partial charge >= 0.3 is 0 Å². The standard InChI is InChI=1S/C24H30N4O5S2/c1-26(2)11-4-12-28(24-25-21-17-19(32-3)7-10-22(21)34-24)23(29)18-5-8-20(9-6-18)35(30,31)27-13-15-33-16-14-27/h5-10,17H,4,11-16H2,1-3H3. The molecule has 3 aromatic rings. The Labute approximate surface area is 209 Å². The molecule has 0 bridgehead atoms. The molecule has 1 aliphatic heterocycles. The van der Waals surface area contributed by atoms with Crippen molar-refractivity contribution >= 4 is 42.6 Å². The SMILES string of the molecule is COc1ccc2sc(N(CCCN(C)C)C(=O)c3ccc(S(=O)(=O)N4CCOCC4)cc3)nc2c1. The predicted octanol–water partition coefficient (Wildman–Crippen LogP) is 2.92. The highest BCUT2D eigenvalue weighted by molar-refractivity contribution is 7.89. The summed E-state index contributed by atoms with van der Waals surface area (Å²) in [4.78, 5) is 22.2. The molecule has 0 radical (unpaired) electrons. The van der Waals surface area contributed by atoms with E-state index in [1.807, 2.05) is 32.3 Å². The summed E-state index contributed by atoms with van der Waals surface area (Å²) < 4.78 is 38.8. The molecule has 35 heavy (non-hydrogen) atoms. The van der Waals surface area contributed by atoms with Gasteiger partial charge in [0.1, 0.15) is 5.75 Å². The van der Waals surface area contributed by atoms with Gasteiger partial charge in [0, 0.05) is 31.3 Å². The lowest BCUT2D eigenvalue weighted by molar-refractivity contribution is 0.0730. The van der Waals surface area contributed by atoms with Crippen molar-refractivity contribution in [3.8, 4) is 5.75 Å². The third-order valence-electron chi connectivity index (χ3n) is 5.76. The molecular weight excluding hydrogens is 488 g/mol. The van der Waals surface area contributed by atoms with E-state index in [0.29, 0.717) is 49.3 Å². The van der Waals surface area contributed by atoms with Crippen LogP contribution in [0.15, 0.2) is 47.4 Å². The molecule has 0 aliphatic carbocycles. The number of methoxy groups -OCH3 is 1. The maximum absolute atomic E-state index is 13.6. The number of anilines is 1. The smallest absolute Gasteiger partial charge is 0.260 e. The van der Waals surface area contributed by atoms with Crippen molar-refractivity contribution in [3.63, 3.8) is 0 Å². The molecule has 9 nitrogen and oxygen atoms in total. The Bertz CT molecular complexity index is 1270. The lowest BCUT2D eigenvalue weighted by Crippen LogP contribution is -2.40. The first-order valence-electron chi connectivity index (χ1n) is 11.4. The number of sulfonamides is 1. The first-order chi connectivity index (χ1) is 16.8. The number of nitrogens with zero attached hydrogens (tertiary/aromatic N) is 4. The Morgan fingerprint density at radius 3 is 2.49 bits per heavy atom. The minimum atomic E-state index is -3.62. The molecule has 1 aliphatic rings. The number of carbonyl (C=O) groups is 1. The molecule has 0 saturated carbocycles. The maximum Gasteiger partial charge on any atom is 0.260 e. The van der Waals surface area contributed by atoms with Crippen LogP contribution in [-0.2, 0) is 14.8 Å². The van der Waals surface area contributed by atoms with Crippen LogP contribution in [0.1, 0.15) is 16.8 Å². The van der Waals surface area contributed by atoms with Gasteiger partial charge in [-0.2, -0.15) is 4.31 Å². The Morgan fingerprint density at radius 2 is 1.83 bits per heavy atom. The maximum atomic E-state index is 13.6. The molecule has 2 heterocycles. The second kappa shape index (κ2) is 11.0. The summed E-state index contributed by atoms with van der Waals surface area (Å²) in [5.41, 5.74) is 1.18. The fourth-order valence-electron chi connectivity index (χ4n) is 3.83. The van der Waals surface area contributed by atoms with Crippen molar-refractivity contribution in [1.29, 1.82) is 0 Å². The van der Waals surface area contributed by atoms with Crippen molar-refractivity contribution in [3.05, 3.63) is 48.0 Å². The van der Waals surface area contributed by atoms with E-state index in [4.69, 9.17) is 14.5 Å². The summed E-state index contributed by atoms with van der Waals surface area (Å²) in [7, 11) is 1.96. The summed E-state index contributed by atoms with van der Waals surface area (Å²) in [5.74, 6) is 0.488. The fourth-order valence-corrected chi connectivity index (χ4v) is 6.21. The third-order valence-corrected chi connectivity index (χ3v) is 8.73. The Morgan fingerprint density at radius 1 is 1.11 bits per heavy atom. The van der Waals surface area contributed by atoms with Crippen LogP contribution in [-0.4, -0.2) is 89.1 Å². The van der Waals surface area contributed by atoms with E-state index in [1.54, 1.807) is 24.1 Å². The number of rotatable bonds is 9. The van der Waals surface area contributed by atoms with E-state index in [9.17, 15) is 13.2 Å². The van der Waals surface area contributed by atoms with E-state index in [1.165, 1.54) is 27.8 Å². The largest absolute Gasteiger partial charge is 0.497 e. The molecule has 1 saturated heterocycles. The van der Waals surface area contributed by atoms with Crippen molar-refractivity contribution in [2.75, 3.05) is 65.5 Å². The van der Waals surface area contributed by atoms with E-state index in [0.717, 1.165) is 23.2 Å². The number of carbonyl (C=O) groups excluding carboxylic acids is 1. The molecule has 1 aromatic heterocycles. The average molecular weight is 519 g/mol. The number of fused-ring (bicyclic) bond motifs is 1. The van der Waals surface area contributed by atoms with Crippen LogP contribution < -0.4 is 9.64 Å². The first kappa shape index (κ1) is 25.5. The molecule has 0 atom stereocenters. The number of hydrogen-bond donors (Lipinski definition) is 0. The summed E-state index contributed by atoms with van der Waals surface area (Å²) in [6, 6.07) is 11.8. The number of amides is 1. The number of hydrogen-bond acceptors (Lipinski definition) is 8. The quantitative estimate of drug-likeness (QED) is 0.430. The third kappa shape index (κ3) is 5.81. The van der Waals surface area contributed by atoms with Gasteiger partial charge in [0.25, 0.3) is 5.91 Å². The zero-order chi connectivity index (χ0) is 25.0. The van der Waals surface area contributed by atoms with Crippen LogP contribution in [0, 0.1) is 0 Å². The molecule has 0 N–H and O–H groups in total. The van der Waals surface area contributed by atoms with Gasteiger partial charge in [-0.3, -0.25) is 9.69 Å². The average Bonchev–Trinajstić information content (AvgIpc) is 3.29. The van der Waals surface area contributed by atoms with Gasteiger partial charge in [0.15, 0.2) is 5.13 Å². The zero-order valence-electron chi connectivity index (χ0n) is 20.1. The molecule has 2 aromatic carbocycles. The Balaban J connectivity index is 1.60. The van der Waals surface area contributed by atoms with E-state index in [2.05, 4.69) is 4.90 Å². The van der Waals surface area contributed by atoms with Gasteiger partial charge in [-0.1, -0.05) is 11.3 Å². The number of morpholine rings is 1. The van der Waals surface area contributed by atoms with Gasteiger partial charge in [-0.25, -0.2) is 13.4 Å². The molecule has 188 valence electrons. The van der Waals surface area contributed by atoms with Crippen LogP contribution in [0.5, 0.6) is 5.75 Å². The molecular formula is C24H30N4O5S2. The van der Waals surface area contributed by atoms with Crippen molar-refractivity contribution < 1.29 is 22.7 Å². The van der Waals surface area contributed by atoms with Crippen LogP contribution >= 0.6 is 11.3 Å². The summed E-state index contributed by atoms with van der Waals surface area (Å²) in [6.45, 7) is 2.72. The zero-order valence-corrected chi connectivity index (χ0v) is 21.8. The molecule has 11 heteroatoms. The molecule has 1 fully saturated rings. The van der Waals surface area contributed by atoms with Gasteiger partial charge in [0.2, 0.25) is 10.0 Å². The van der Waals surface area contributed by atoms with Crippen molar-refractivity contribution in [2.24, 2.45) is 0 Å². The minimum absolute atomic E-state index is 0.169. The minimum Gasteiger partial charge on any atom is -0.497 e. The number of benzene rings is 2. The second-order valence-corrected chi connectivity index (χ2v) is 11.4. The van der Waals surface area contributed by atoms with Crippen molar-refractivity contribution in [1.82, 2.24) is 14.2 Å². The van der Waals surface area contributed by atoms with Gasteiger partial charge in [0.05, 0.1) is 35.4 Å². The molecule has 0 spiro atoms. The Hall–Kier alpha value is -2.57. The number of aromatic nitrogens is 1. The summed E-state index contributed by atoms with van der Waals surface area (Å²) in [5, 5.41) is 0.599. The topological polar surface area (TPSA) is 92.3 Å². The predicted molar refractivity (Wildman–Crippen MR) is 137 cm³/mol. The van der Waals surface area contributed by atoms with E-state index < -0.39 is 10.0 Å². The molecule has 1 amide bonds. The van der Waals surface area contributed by atoms with E-state index >= 15 is 0 Å². The Kier molecular flexibility index (Phi) is 8.02. The van der Waals surface area contributed by atoms with Gasteiger partial charge in [-0.05, 0) is 63.5 Å². The van der Waals surface area contributed by atoms with E-state index in [-0.39, 0.29) is 10.8 Å². The van der Waals surface area contributed by atoms with Crippen LogP contribution in [0.25, 0.3) is 10.2 Å². The van der Waals surface area contributed by atoms with Crippen molar-refractivity contribution in [2.45, 2.75) is 11.3 Å². The van der Waals surface area contributed by atoms with Crippen LogP contribution in [0.4, 0.5) is 5.13 Å². The van der Waals surface area contributed by atoms with Gasteiger partial charge in [-0.15, -0.1) is 0 Å². The van der Waals surface area contributed by atoms with Gasteiger partial charge < -0.3 is 14.4 Å².